The quantitative estimate of drug-likeness (QED) is 0.622. The molecule has 0 aliphatic rings. The Morgan fingerprint density at radius 1 is 1.55 bits per heavy atom. The summed E-state index contributed by atoms with van der Waals surface area (Å²) in [6.45, 7) is 2.96. The molecule has 0 aromatic heterocycles. The smallest absolute Gasteiger partial charge is 0.220 e. The van der Waals surface area contributed by atoms with E-state index in [1.165, 1.54) is 0 Å². The Bertz CT molecular complexity index is 106. The van der Waals surface area contributed by atoms with Gasteiger partial charge in [-0.3, -0.25) is 4.79 Å². The molecular formula is C8H17NOS. The van der Waals surface area contributed by atoms with E-state index >= 15 is 0 Å². The molecule has 1 amide bonds. The Balaban J connectivity index is 3.09. The minimum absolute atomic E-state index is 0.188. The number of carbonyl (C=O) groups excluding carboxylic acids is 1. The van der Waals surface area contributed by atoms with Crippen LogP contribution in [0.15, 0.2) is 0 Å². The summed E-state index contributed by atoms with van der Waals surface area (Å²) in [5, 5.41) is 2.87. The van der Waals surface area contributed by atoms with Crippen molar-refractivity contribution in [2.45, 2.75) is 26.2 Å². The molecule has 0 saturated heterocycles. The van der Waals surface area contributed by atoms with E-state index in [2.05, 4.69) is 12.2 Å². The van der Waals surface area contributed by atoms with E-state index in [0.29, 0.717) is 6.42 Å². The summed E-state index contributed by atoms with van der Waals surface area (Å²) in [4.78, 5) is 11.0. The van der Waals surface area contributed by atoms with E-state index in [9.17, 15) is 4.79 Å². The van der Waals surface area contributed by atoms with Gasteiger partial charge in [-0.25, -0.2) is 0 Å². The predicted octanol–water partition coefficient (Wildman–Crippen LogP) is 1.66. The SMILES string of the molecule is CCCCNC(=O)CCSC. The van der Waals surface area contributed by atoms with Crippen molar-refractivity contribution >= 4 is 17.7 Å². The Morgan fingerprint density at radius 2 is 2.27 bits per heavy atom. The van der Waals surface area contributed by atoms with Crippen molar-refractivity contribution in [3.05, 3.63) is 0 Å². The lowest BCUT2D eigenvalue weighted by Crippen LogP contribution is -2.24. The fraction of sp³-hybridized carbons (Fsp3) is 0.875. The maximum atomic E-state index is 11.0. The summed E-state index contributed by atoms with van der Waals surface area (Å²) in [6.07, 6.45) is 4.90. The molecule has 0 aromatic carbocycles. The summed E-state index contributed by atoms with van der Waals surface area (Å²) in [5.41, 5.74) is 0. The maximum Gasteiger partial charge on any atom is 0.220 e. The lowest BCUT2D eigenvalue weighted by atomic mass is 10.3. The molecule has 0 bridgehead atoms. The predicted molar refractivity (Wildman–Crippen MR) is 50.9 cm³/mol. The third kappa shape index (κ3) is 7.72. The van der Waals surface area contributed by atoms with Gasteiger partial charge in [0.25, 0.3) is 0 Å². The van der Waals surface area contributed by atoms with E-state index in [1.54, 1.807) is 11.8 Å². The average molecular weight is 175 g/mol. The van der Waals surface area contributed by atoms with Crippen LogP contribution in [0.3, 0.4) is 0 Å². The molecule has 2 nitrogen and oxygen atoms in total. The number of rotatable bonds is 6. The standard InChI is InChI=1S/C8H17NOS/c1-3-4-6-9-8(10)5-7-11-2/h3-7H2,1-2H3,(H,9,10). The number of thioether (sulfide) groups is 1. The Hall–Kier alpha value is -0.180. The van der Waals surface area contributed by atoms with Gasteiger partial charge in [0, 0.05) is 18.7 Å². The highest BCUT2D eigenvalue weighted by Crippen LogP contribution is 1.94. The fourth-order valence-corrected chi connectivity index (χ4v) is 1.08. The molecule has 1 N–H and O–H groups in total. The van der Waals surface area contributed by atoms with Crippen LogP contribution in [0.1, 0.15) is 26.2 Å². The second kappa shape index (κ2) is 7.92. The highest BCUT2D eigenvalue weighted by atomic mass is 32.2. The lowest BCUT2D eigenvalue weighted by molar-refractivity contribution is -0.120. The first-order valence-corrected chi connectivity index (χ1v) is 5.46. The second-order valence-corrected chi connectivity index (χ2v) is 3.43. The van der Waals surface area contributed by atoms with Gasteiger partial charge in [-0.1, -0.05) is 13.3 Å². The van der Waals surface area contributed by atoms with Crippen molar-refractivity contribution in [2.75, 3.05) is 18.6 Å². The maximum absolute atomic E-state index is 11.0. The lowest BCUT2D eigenvalue weighted by Gasteiger charge is -2.01. The van der Waals surface area contributed by atoms with Gasteiger partial charge >= 0.3 is 0 Å². The van der Waals surface area contributed by atoms with Gasteiger partial charge < -0.3 is 5.32 Å². The van der Waals surface area contributed by atoms with Gasteiger partial charge in [0.2, 0.25) is 5.91 Å². The molecule has 0 aliphatic heterocycles. The molecule has 0 spiro atoms. The Morgan fingerprint density at radius 3 is 2.82 bits per heavy atom. The van der Waals surface area contributed by atoms with Crippen molar-refractivity contribution in [3.8, 4) is 0 Å². The Kier molecular flexibility index (Phi) is 7.79. The number of unbranched alkanes of at least 4 members (excludes halogenated alkanes) is 1. The molecule has 0 aliphatic carbocycles. The van der Waals surface area contributed by atoms with Gasteiger partial charge in [-0.15, -0.1) is 0 Å². The second-order valence-electron chi connectivity index (χ2n) is 2.45. The molecule has 0 rings (SSSR count). The van der Waals surface area contributed by atoms with Gasteiger partial charge in [0.1, 0.15) is 0 Å². The number of carbonyl (C=O) groups is 1. The third-order valence-electron chi connectivity index (χ3n) is 1.39. The average Bonchev–Trinajstić information content (AvgIpc) is 2.01. The molecule has 11 heavy (non-hydrogen) atoms. The highest BCUT2D eigenvalue weighted by Gasteiger charge is 1.97. The number of hydrogen-bond donors (Lipinski definition) is 1. The molecule has 0 unspecified atom stereocenters. The van der Waals surface area contributed by atoms with Crippen LogP contribution in [0.2, 0.25) is 0 Å². The normalized spacial score (nSPS) is 9.64. The number of hydrogen-bond acceptors (Lipinski definition) is 2. The zero-order valence-electron chi connectivity index (χ0n) is 7.35. The first kappa shape index (κ1) is 10.8. The summed E-state index contributed by atoms with van der Waals surface area (Å²) in [5.74, 6) is 1.12. The van der Waals surface area contributed by atoms with Crippen LogP contribution < -0.4 is 5.32 Å². The van der Waals surface area contributed by atoms with E-state index < -0.39 is 0 Å². The van der Waals surface area contributed by atoms with Crippen LogP contribution in [-0.2, 0) is 4.79 Å². The van der Waals surface area contributed by atoms with Crippen molar-refractivity contribution in [1.29, 1.82) is 0 Å². The van der Waals surface area contributed by atoms with Crippen molar-refractivity contribution < 1.29 is 4.79 Å². The first-order valence-electron chi connectivity index (χ1n) is 4.07. The summed E-state index contributed by atoms with van der Waals surface area (Å²) >= 11 is 1.71. The minimum atomic E-state index is 0.188. The van der Waals surface area contributed by atoms with Crippen LogP contribution >= 0.6 is 11.8 Å². The molecule has 0 aromatic rings. The summed E-state index contributed by atoms with van der Waals surface area (Å²) in [6, 6.07) is 0. The van der Waals surface area contributed by atoms with Crippen LogP contribution in [0.4, 0.5) is 0 Å². The van der Waals surface area contributed by atoms with Gasteiger partial charge in [-0.05, 0) is 12.7 Å². The van der Waals surface area contributed by atoms with Crippen LogP contribution in [0.5, 0.6) is 0 Å². The van der Waals surface area contributed by atoms with E-state index in [1.807, 2.05) is 6.26 Å². The van der Waals surface area contributed by atoms with Gasteiger partial charge in [0.15, 0.2) is 0 Å². The van der Waals surface area contributed by atoms with Crippen LogP contribution in [0, 0.1) is 0 Å². The molecule has 0 fully saturated rings. The van der Waals surface area contributed by atoms with Crippen LogP contribution in [0.25, 0.3) is 0 Å². The first-order chi connectivity index (χ1) is 5.31. The van der Waals surface area contributed by atoms with Crippen molar-refractivity contribution in [1.82, 2.24) is 5.32 Å². The van der Waals surface area contributed by atoms with Gasteiger partial charge in [-0.2, -0.15) is 11.8 Å². The van der Waals surface area contributed by atoms with E-state index in [4.69, 9.17) is 0 Å². The Labute approximate surface area is 73.1 Å². The zero-order valence-corrected chi connectivity index (χ0v) is 8.17. The fourth-order valence-electron chi connectivity index (χ4n) is 0.688. The largest absolute Gasteiger partial charge is 0.356 e. The highest BCUT2D eigenvalue weighted by molar-refractivity contribution is 7.98. The van der Waals surface area contributed by atoms with Crippen molar-refractivity contribution in [3.63, 3.8) is 0 Å². The third-order valence-corrected chi connectivity index (χ3v) is 2.00. The summed E-state index contributed by atoms with van der Waals surface area (Å²) < 4.78 is 0. The topological polar surface area (TPSA) is 29.1 Å². The molecule has 66 valence electrons. The van der Waals surface area contributed by atoms with Crippen molar-refractivity contribution in [2.24, 2.45) is 0 Å². The molecule has 0 saturated carbocycles. The van der Waals surface area contributed by atoms with Gasteiger partial charge in [0.05, 0.1) is 0 Å². The molecular weight excluding hydrogens is 158 g/mol. The number of amides is 1. The van der Waals surface area contributed by atoms with E-state index in [-0.39, 0.29) is 5.91 Å². The molecule has 0 radical (unpaired) electrons. The monoisotopic (exact) mass is 175 g/mol. The molecule has 3 heteroatoms. The molecule has 0 heterocycles. The minimum Gasteiger partial charge on any atom is -0.356 e. The van der Waals surface area contributed by atoms with E-state index in [0.717, 1.165) is 25.1 Å². The molecule has 0 atom stereocenters. The summed E-state index contributed by atoms with van der Waals surface area (Å²) in [7, 11) is 0. The zero-order chi connectivity index (χ0) is 8.53. The number of nitrogens with one attached hydrogen (secondary N) is 1. The van der Waals surface area contributed by atoms with Crippen LogP contribution in [-0.4, -0.2) is 24.5 Å².